The van der Waals surface area contributed by atoms with Gasteiger partial charge in [-0.2, -0.15) is 5.26 Å². The van der Waals surface area contributed by atoms with Gasteiger partial charge in [0.05, 0.1) is 28.3 Å². The quantitative estimate of drug-likeness (QED) is 0.923. The van der Waals surface area contributed by atoms with E-state index in [1.807, 2.05) is 6.07 Å². The Labute approximate surface area is 107 Å². The zero-order valence-corrected chi connectivity index (χ0v) is 10.1. The first-order valence-electron chi connectivity index (χ1n) is 5.09. The second-order valence-electron chi connectivity index (χ2n) is 3.68. The van der Waals surface area contributed by atoms with Gasteiger partial charge >= 0.3 is 0 Å². The molecule has 0 saturated carbocycles. The number of aromatic nitrogens is 3. The first kappa shape index (κ1) is 12.3. The molecule has 7 heteroatoms. The highest BCUT2D eigenvalue weighted by atomic mass is 35.5. The molecule has 0 spiro atoms. The van der Waals surface area contributed by atoms with E-state index in [1.165, 1.54) is 10.7 Å². The fourth-order valence-electron chi connectivity index (χ4n) is 1.68. The molecule has 0 aliphatic carbocycles. The first-order chi connectivity index (χ1) is 8.54. The molecule has 0 aliphatic heterocycles. The second kappa shape index (κ2) is 4.63. The lowest BCUT2D eigenvalue weighted by atomic mass is 10.1. The summed E-state index contributed by atoms with van der Waals surface area (Å²) < 4.78 is 14.2. The Hall–Kier alpha value is -2.13. The van der Waals surface area contributed by atoms with Crippen molar-refractivity contribution >= 4 is 23.1 Å². The topological polar surface area (TPSA) is 80.0 Å². The summed E-state index contributed by atoms with van der Waals surface area (Å²) in [5, 5.41) is 13.3. The first-order valence-corrected chi connectivity index (χ1v) is 5.47. The molecule has 0 unspecified atom stereocenters. The number of nitrogens with two attached hydrogens (primary N) is 1. The van der Waals surface area contributed by atoms with Crippen LogP contribution in [0.25, 0.3) is 5.52 Å². The maximum atomic E-state index is 12.7. The van der Waals surface area contributed by atoms with Crippen molar-refractivity contribution in [3.05, 3.63) is 34.9 Å². The number of allylic oxidation sites excluding steroid dienone is 1. The fourth-order valence-corrected chi connectivity index (χ4v) is 1.96. The Bertz CT molecular complexity index is 670. The van der Waals surface area contributed by atoms with Crippen LogP contribution >= 0.6 is 11.6 Å². The summed E-state index contributed by atoms with van der Waals surface area (Å²) in [7, 11) is 0. The highest BCUT2D eigenvalue weighted by Crippen LogP contribution is 2.28. The van der Waals surface area contributed by atoms with E-state index < -0.39 is 5.83 Å². The van der Waals surface area contributed by atoms with Crippen LogP contribution in [0, 0.1) is 11.3 Å². The summed E-state index contributed by atoms with van der Waals surface area (Å²) in [6.07, 6.45) is 1.79. The van der Waals surface area contributed by atoms with Gasteiger partial charge in [0.25, 0.3) is 0 Å². The number of nitrogen functional groups attached to an aromatic ring is 1. The van der Waals surface area contributed by atoms with E-state index in [4.69, 9.17) is 22.6 Å². The number of halogens is 2. The fraction of sp³-hybridized carbons (Fsp3) is 0.182. The highest BCUT2D eigenvalue weighted by molar-refractivity contribution is 6.35. The minimum atomic E-state index is -0.466. The summed E-state index contributed by atoms with van der Waals surface area (Å²) in [6, 6.07) is 1.98. The number of nitrogens with zero attached hydrogens (tertiary/aromatic N) is 4. The predicted octanol–water partition coefficient (Wildman–Crippen LogP) is 2.25. The number of anilines is 1. The van der Waals surface area contributed by atoms with Crippen LogP contribution in [0.1, 0.15) is 17.7 Å². The van der Waals surface area contributed by atoms with Gasteiger partial charge in [0.2, 0.25) is 5.95 Å². The van der Waals surface area contributed by atoms with E-state index >= 15 is 0 Å². The van der Waals surface area contributed by atoms with Gasteiger partial charge in [0, 0.05) is 6.42 Å². The van der Waals surface area contributed by atoms with E-state index in [0.29, 0.717) is 11.2 Å². The van der Waals surface area contributed by atoms with Crippen molar-refractivity contribution in [2.75, 3.05) is 5.73 Å². The molecule has 0 amide bonds. The zero-order valence-electron chi connectivity index (χ0n) is 9.32. The van der Waals surface area contributed by atoms with Gasteiger partial charge in [-0.1, -0.05) is 18.2 Å². The molecule has 0 bridgehead atoms. The monoisotopic (exact) mass is 265 g/mol. The van der Waals surface area contributed by atoms with Crippen molar-refractivity contribution in [2.24, 2.45) is 0 Å². The molecule has 2 heterocycles. The van der Waals surface area contributed by atoms with Crippen molar-refractivity contribution in [3.63, 3.8) is 0 Å². The van der Waals surface area contributed by atoms with E-state index in [1.54, 1.807) is 0 Å². The average Bonchev–Trinajstić information content (AvgIpc) is 2.58. The van der Waals surface area contributed by atoms with Gasteiger partial charge in [-0.3, -0.25) is 0 Å². The molecular weight excluding hydrogens is 257 g/mol. The standard InChI is InChI=1S/C11H9ClFN5/c1-6(13)2-3-8-7(4-14)10(12)9-5-16-11(15)17-18(8)9/h5H,1-3H2,(H2,15,17). The molecular formula is C11H9ClFN5. The van der Waals surface area contributed by atoms with Gasteiger partial charge in [0.15, 0.2) is 0 Å². The third-order valence-corrected chi connectivity index (χ3v) is 2.87. The normalized spacial score (nSPS) is 10.5. The average molecular weight is 266 g/mol. The van der Waals surface area contributed by atoms with Crippen molar-refractivity contribution in [3.8, 4) is 6.07 Å². The molecule has 2 aromatic rings. The smallest absolute Gasteiger partial charge is 0.238 e. The molecule has 5 nitrogen and oxygen atoms in total. The van der Waals surface area contributed by atoms with E-state index in [2.05, 4.69) is 16.7 Å². The van der Waals surface area contributed by atoms with Crippen LogP contribution in [0.15, 0.2) is 18.6 Å². The number of fused-ring (bicyclic) bond motifs is 1. The summed E-state index contributed by atoms with van der Waals surface area (Å²) in [6.45, 7) is 3.18. The number of aryl methyl sites for hydroxylation is 1. The number of nitriles is 1. The SMILES string of the molecule is C=C(F)CCc1c(C#N)c(Cl)c2cnc(N)nn12. The molecule has 2 rings (SSSR count). The van der Waals surface area contributed by atoms with E-state index in [0.717, 1.165) is 0 Å². The van der Waals surface area contributed by atoms with Crippen LogP contribution in [-0.4, -0.2) is 14.6 Å². The zero-order chi connectivity index (χ0) is 13.3. The Kier molecular flexibility index (Phi) is 3.17. The van der Waals surface area contributed by atoms with Crippen LogP contribution in [0.2, 0.25) is 5.02 Å². The molecule has 0 aliphatic rings. The van der Waals surface area contributed by atoms with E-state index in [9.17, 15) is 4.39 Å². The lowest BCUT2D eigenvalue weighted by Gasteiger charge is -2.01. The van der Waals surface area contributed by atoms with Crippen LogP contribution in [-0.2, 0) is 6.42 Å². The Morgan fingerprint density at radius 3 is 3.00 bits per heavy atom. The van der Waals surface area contributed by atoms with Crippen molar-refractivity contribution in [1.82, 2.24) is 14.6 Å². The predicted molar refractivity (Wildman–Crippen MR) is 65.7 cm³/mol. The molecule has 2 aromatic heterocycles. The molecule has 18 heavy (non-hydrogen) atoms. The van der Waals surface area contributed by atoms with Crippen LogP contribution in [0.4, 0.5) is 10.3 Å². The molecule has 0 radical (unpaired) electrons. The molecule has 0 saturated heterocycles. The van der Waals surface area contributed by atoms with Crippen LogP contribution in [0.3, 0.4) is 0 Å². The minimum Gasteiger partial charge on any atom is -0.367 e. The van der Waals surface area contributed by atoms with Gasteiger partial charge in [0.1, 0.15) is 11.6 Å². The lowest BCUT2D eigenvalue weighted by Crippen LogP contribution is -2.04. The van der Waals surface area contributed by atoms with Gasteiger partial charge in [-0.05, 0) is 6.42 Å². The third-order valence-electron chi connectivity index (χ3n) is 2.48. The molecule has 2 N–H and O–H groups in total. The summed E-state index contributed by atoms with van der Waals surface area (Å²) >= 11 is 6.05. The Morgan fingerprint density at radius 2 is 2.39 bits per heavy atom. The van der Waals surface area contributed by atoms with Crippen LogP contribution in [0.5, 0.6) is 0 Å². The van der Waals surface area contributed by atoms with Crippen molar-refractivity contribution in [2.45, 2.75) is 12.8 Å². The largest absolute Gasteiger partial charge is 0.367 e. The molecule has 0 fully saturated rings. The van der Waals surface area contributed by atoms with Crippen molar-refractivity contribution < 1.29 is 4.39 Å². The number of rotatable bonds is 3. The second-order valence-corrected chi connectivity index (χ2v) is 4.06. The van der Waals surface area contributed by atoms with Gasteiger partial charge in [-0.15, -0.1) is 5.10 Å². The maximum Gasteiger partial charge on any atom is 0.238 e. The Morgan fingerprint density at radius 1 is 1.67 bits per heavy atom. The Balaban J connectivity index is 2.64. The molecule has 92 valence electrons. The summed E-state index contributed by atoms with van der Waals surface area (Å²) in [5.74, 6) is -0.411. The van der Waals surface area contributed by atoms with Gasteiger partial charge in [-0.25, -0.2) is 13.9 Å². The lowest BCUT2D eigenvalue weighted by molar-refractivity contribution is 0.587. The van der Waals surface area contributed by atoms with Gasteiger partial charge < -0.3 is 5.73 Å². The summed E-state index contributed by atoms with van der Waals surface area (Å²) in [4.78, 5) is 3.81. The highest BCUT2D eigenvalue weighted by Gasteiger charge is 2.18. The molecule has 0 atom stereocenters. The van der Waals surface area contributed by atoms with Crippen LogP contribution < -0.4 is 5.73 Å². The van der Waals surface area contributed by atoms with Crippen molar-refractivity contribution in [1.29, 1.82) is 5.26 Å². The number of hydrogen-bond acceptors (Lipinski definition) is 4. The number of hydrogen-bond donors (Lipinski definition) is 1. The minimum absolute atomic E-state index is 0.0546. The third kappa shape index (κ3) is 2.00. The molecule has 0 aromatic carbocycles. The summed E-state index contributed by atoms with van der Waals surface area (Å²) in [5.41, 5.74) is 6.73. The van der Waals surface area contributed by atoms with E-state index in [-0.39, 0.29) is 29.4 Å². The maximum absolute atomic E-state index is 12.7.